The van der Waals surface area contributed by atoms with Crippen LogP contribution in [-0.4, -0.2) is 30.1 Å². The minimum Gasteiger partial charge on any atom is -0.550 e. The molecule has 1 aromatic carbocycles. The van der Waals surface area contributed by atoms with Gasteiger partial charge in [0.2, 0.25) is 0 Å². The number of carboxylic acid groups (broad SMARTS) is 1. The molecule has 0 aliphatic heterocycles. The molecule has 0 amide bonds. The van der Waals surface area contributed by atoms with Gasteiger partial charge in [-0.15, -0.1) is 0 Å². The number of carbonyl (C=O) groups is 2. The molecule has 0 atom stereocenters. The number of nitrogens with one attached hydrogen (secondary N) is 1. The maximum atomic E-state index is 12.1. The zero-order valence-electron chi connectivity index (χ0n) is 12.7. The van der Waals surface area contributed by atoms with E-state index >= 15 is 0 Å². The van der Waals surface area contributed by atoms with Crippen LogP contribution < -0.4 is 10.4 Å². The van der Waals surface area contributed by atoms with Crippen LogP contribution >= 0.6 is 11.3 Å². The Hall–Kier alpha value is -2.41. The van der Waals surface area contributed by atoms with Gasteiger partial charge in [-0.2, -0.15) is 0 Å². The lowest BCUT2D eigenvalue weighted by molar-refractivity contribution is -0.305. The number of aliphatic carboxylic acids is 1. The molecule has 0 aliphatic rings. The van der Waals surface area contributed by atoms with E-state index in [2.05, 4.69) is 10.3 Å². The molecule has 0 radical (unpaired) electrons. The molecule has 2 rings (SSSR count). The third-order valence-corrected chi connectivity index (χ3v) is 3.96. The third-order valence-electron chi connectivity index (χ3n) is 2.97. The number of thiazole rings is 1. The quantitative estimate of drug-likeness (QED) is 0.586. The van der Waals surface area contributed by atoms with Gasteiger partial charge in [0.25, 0.3) is 0 Å². The summed E-state index contributed by atoms with van der Waals surface area (Å²) in [5.74, 6) is -1.49. The van der Waals surface area contributed by atoms with Gasteiger partial charge in [0.15, 0.2) is 5.13 Å². The second-order valence-corrected chi connectivity index (χ2v) is 5.68. The molecule has 1 aromatic heterocycles. The Kier molecular flexibility index (Phi) is 6.10. The number of carbonyl (C=O) groups excluding carboxylic acids is 2. The summed E-state index contributed by atoms with van der Waals surface area (Å²) in [6.07, 6.45) is 0.409. The van der Waals surface area contributed by atoms with Crippen molar-refractivity contribution in [2.24, 2.45) is 0 Å². The highest BCUT2D eigenvalue weighted by molar-refractivity contribution is 7.17. The number of nitrogens with zero attached hydrogens (tertiary/aromatic N) is 1. The van der Waals surface area contributed by atoms with Crippen LogP contribution in [0.2, 0.25) is 0 Å². The molecular formula is C16H17N2O4S-. The van der Waals surface area contributed by atoms with Crippen LogP contribution in [0.4, 0.5) is 5.13 Å². The van der Waals surface area contributed by atoms with E-state index in [9.17, 15) is 14.7 Å². The van der Waals surface area contributed by atoms with Gasteiger partial charge in [-0.1, -0.05) is 41.7 Å². The molecule has 0 saturated heterocycles. The van der Waals surface area contributed by atoms with Crippen molar-refractivity contribution in [3.8, 4) is 11.3 Å². The van der Waals surface area contributed by atoms with E-state index in [4.69, 9.17) is 4.74 Å². The molecule has 1 N–H and O–H groups in total. The Morgan fingerprint density at radius 3 is 2.70 bits per heavy atom. The van der Waals surface area contributed by atoms with Gasteiger partial charge in [0.1, 0.15) is 4.88 Å². The van der Waals surface area contributed by atoms with Crippen LogP contribution in [0.5, 0.6) is 0 Å². The molecule has 6 nitrogen and oxygen atoms in total. The molecular weight excluding hydrogens is 316 g/mol. The smallest absolute Gasteiger partial charge is 0.350 e. The predicted molar refractivity (Wildman–Crippen MR) is 86.2 cm³/mol. The average Bonchev–Trinajstić information content (AvgIpc) is 2.97. The van der Waals surface area contributed by atoms with E-state index in [0.717, 1.165) is 5.56 Å². The van der Waals surface area contributed by atoms with Crippen molar-refractivity contribution in [2.75, 3.05) is 18.5 Å². The molecule has 7 heteroatoms. The summed E-state index contributed by atoms with van der Waals surface area (Å²) in [7, 11) is 0. The number of rotatable bonds is 8. The highest BCUT2D eigenvalue weighted by atomic mass is 32.1. The van der Waals surface area contributed by atoms with E-state index in [1.54, 1.807) is 6.92 Å². The van der Waals surface area contributed by atoms with Crippen LogP contribution in [0, 0.1) is 0 Å². The van der Waals surface area contributed by atoms with Crippen LogP contribution in [0.1, 0.15) is 29.4 Å². The minimum absolute atomic E-state index is 0.0192. The standard InChI is InChI=1S/C16H18N2O4S/c1-2-22-15(21)14-13(11-7-4-3-5-8-11)18-16(23-14)17-10-6-9-12(19)20/h3-5,7-8H,2,6,9-10H2,1H3,(H,17,18)(H,19,20)/p-1. The topological polar surface area (TPSA) is 91.3 Å². The molecule has 0 bridgehead atoms. The first kappa shape index (κ1) is 17.0. The Labute approximate surface area is 138 Å². The van der Waals surface area contributed by atoms with E-state index in [1.165, 1.54) is 11.3 Å². The minimum atomic E-state index is -1.08. The van der Waals surface area contributed by atoms with Crippen LogP contribution in [0.3, 0.4) is 0 Å². The van der Waals surface area contributed by atoms with E-state index in [-0.39, 0.29) is 6.42 Å². The van der Waals surface area contributed by atoms with Crippen LogP contribution in [0.15, 0.2) is 30.3 Å². The fraction of sp³-hybridized carbons (Fsp3) is 0.312. The molecule has 2 aromatic rings. The predicted octanol–water partition coefficient (Wildman–Crippen LogP) is 1.93. The molecule has 0 fully saturated rings. The lowest BCUT2D eigenvalue weighted by Gasteiger charge is -2.02. The van der Waals surface area contributed by atoms with Crippen molar-refractivity contribution in [1.29, 1.82) is 0 Å². The maximum absolute atomic E-state index is 12.1. The lowest BCUT2D eigenvalue weighted by Crippen LogP contribution is -2.22. The Bertz CT molecular complexity index is 670. The number of benzene rings is 1. The summed E-state index contributed by atoms with van der Waals surface area (Å²) in [5, 5.41) is 14.0. The summed E-state index contributed by atoms with van der Waals surface area (Å²) < 4.78 is 5.08. The first-order valence-electron chi connectivity index (χ1n) is 7.29. The van der Waals surface area contributed by atoms with Crippen molar-refractivity contribution in [3.63, 3.8) is 0 Å². The molecule has 122 valence electrons. The van der Waals surface area contributed by atoms with Crippen molar-refractivity contribution in [2.45, 2.75) is 19.8 Å². The number of aromatic nitrogens is 1. The molecule has 1 heterocycles. The largest absolute Gasteiger partial charge is 0.550 e. The second kappa shape index (κ2) is 8.28. The third kappa shape index (κ3) is 4.79. The van der Waals surface area contributed by atoms with E-state index in [0.29, 0.717) is 35.3 Å². The Balaban J connectivity index is 2.18. The van der Waals surface area contributed by atoms with Crippen molar-refractivity contribution >= 4 is 28.4 Å². The van der Waals surface area contributed by atoms with Crippen LogP contribution in [-0.2, 0) is 9.53 Å². The monoisotopic (exact) mass is 333 g/mol. The number of hydrogen-bond acceptors (Lipinski definition) is 7. The van der Waals surface area contributed by atoms with E-state index < -0.39 is 11.9 Å². The maximum Gasteiger partial charge on any atom is 0.350 e. The number of carboxylic acids is 1. The zero-order chi connectivity index (χ0) is 16.7. The average molecular weight is 333 g/mol. The van der Waals surface area contributed by atoms with Crippen molar-refractivity contribution in [3.05, 3.63) is 35.2 Å². The number of hydrogen-bond donors (Lipinski definition) is 1. The molecule has 0 saturated carbocycles. The van der Waals surface area contributed by atoms with E-state index in [1.807, 2.05) is 30.3 Å². The van der Waals surface area contributed by atoms with Gasteiger partial charge in [0, 0.05) is 18.1 Å². The fourth-order valence-corrected chi connectivity index (χ4v) is 2.86. The fourth-order valence-electron chi connectivity index (χ4n) is 1.95. The molecule has 0 unspecified atom stereocenters. The van der Waals surface area contributed by atoms with Crippen LogP contribution in [0.25, 0.3) is 11.3 Å². The first-order valence-corrected chi connectivity index (χ1v) is 8.10. The van der Waals surface area contributed by atoms with Crippen molar-refractivity contribution < 1.29 is 19.4 Å². The molecule has 0 aliphatic carbocycles. The van der Waals surface area contributed by atoms with Gasteiger partial charge in [0.05, 0.1) is 12.3 Å². The van der Waals surface area contributed by atoms with Gasteiger partial charge < -0.3 is 20.0 Å². The highest BCUT2D eigenvalue weighted by Crippen LogP contribution is 2.31. The number of anilines is 1. The van der Waals surface area contributed by atoms with Gasteiger partial charge in [-0.05, 0) is 19.8 Å². The molecule has 23 heavy (non-hydrogen) atoms. The summed E-state index contributed by atoms with van der Waals surface area (Å²) in [4.78, 5) is 27.4. The number of esters is 1. The van der Waals surface area contributed by atoms with Gasteiger partial charge in [-0.3, -0.25) is 0 Å². The summed E-state index contributed by atoms with van der Waals surface area (Å²) >= 11 is 1.20. The molecule has 0 spiro atoms. The summed E-state index contributed by atoms with van der Waals surface area (Å²) in [5.41, 5.74) is 1.39. The highest BCUT2D eigenvalue weighted by Gasteiger charge is 2.20. The summed E-state index contributed by atoms with van der Waals surface area (Å²) in [6.45, 7) is 2.48. The van der Waals surface area contributed by atoms with Crippen molar-refractivity contribution in [1.82, 2.24) is 4.98 Å². The Morgan fingerprint density at radius 2 is 2.04 bits per heavy atom. The van der Waals surface area contributed by atoms with Gasteiger partial charge >= 0.3 is 5.97 Å². The normalized spacial score (nSPS) is 10.3. The number of ether oxygens (including phenoxy) is 1. The second-order valence-electron chi connectivity index (χ2n) is 4.69. The SMILES string of the molecule is CCOC(=O)c1sc(NCCCC(=O)[O-])nc1-c1ccccc1. The lowest BCUT2D eigenvalue weighted by atomic mass is 10.1. The first-order chi connectivity index (χ1) is 11.1. The van der Waals surface area contributed by atoms with Gasteiger partial charge in [-0.25, -0.2) is 9.78 Å². The zero-order valence-corrected chi connectivity index (χ0v) is 13.5. The summed E-state index contributed by atoms with van der Waals surface area (Å²) in [6, 6.07) is 9.38. The Morgan fingerprint density at radius 1 is 1.30 bits per heavy atom.